The van der Waals surface area contributed by atoms with Crippen LogP contribution in [0.4, 0.5) is 5.13 Å². The molecule has 0 aliphatic carbocycles. The van der Waals surface area contributed by atoms with Gasteiger partial charge in [0.2, 0.25) is 0 Å². The summed E-state index contributed by atoms with van der Waals surface area (Å²) in [4.78, 5) is 31.3. The SMILES string of the molecule is O=C(Nc1nc(CN2CCCCC2)cs1)c1n[nH]c(=O)c2ccccc12. The Morgan fingerprint density at radius 1 is 1.19 bits per heavy atom. The molecule has 0 spiro atoms. The highest BCUT2D eigenvalue weighted by Gasteiger charge is 2.17. The number of amides is 1. The predicted octanol–water partition coefficient (Wildman–Crippen LogP) is 2.62. The number of piperidine rings is 1. The second-order valence-corrected chi connectivity index (χ2v) is 7.24. The molecule has 3 aromatic rings. The number of carbonyl (C=O) groups excluding carboxylic acids is 1. The molecule has 26 heavy (non-hydrogen) atoms. The van der Waals surface area contributed by atoms with Gasteiger partial charge < -0.3 is 0 Å². The lowest BCUT2D eigenvalue weighted by atomic mass is 10.1. The molecule has 1 aliphatic heterocycles. The molecule has 4 rings (SSSR count). The van der Waals surface area contributed by atoms with E-state index in [1.54, 1.807) is 24.3 Å². The quantitative estimate of drug-likeness (QED) is 0.738. The van der Waals surface area contributed by atoms with Crippen molar-refractivity contribution >= 4 is 33.1 Å². The van der Waals surface area contributed by atoms with Crippen molar-refractivity contribution in [2.24, 2.45) is 0 Å². The number of aromatic amines is 1. The van der Waals surface area contributed by atoms with Crippen molar-refractivity contribution in [3.8, 4) is 0 Å². The second kappa shape index (κ2) is 7.35. The number of anilines is 1. The van der Waals surface area contributed by atoms with Crippen molar-refractivity contribution in [3.05, 3.63) is 51.4 Å². The maximum absolute atomic E-state index is 12.6. The number of nitrogens with zero attached hydrogens (tertiary/aromatic N) is 3. The Labute approximate surface area is 154 Å². The van der Waals surface area contributed by atoms with Crippen LogP contribution in [0, 0.1) is 0 Å². The van der Waals surface area contributed by atoms with Crippen molar-refractivity contribution in [2.45, 2.75) is 25.8 Å². The molecular formula is C18H19N5O2S. The van der Waals surface area contributed by atoms with E-state index in [9.17, 15) is 9.59 Å². The van der Waals surface area contributed by atoms with Gasteiger partial charge in [-0.1, -0.05) is 24.6 Å². The van der Waals surface area contributed by atoms with E-state index in [1.807, 2.05) is 5.38 Å². The summed E-state index contributed by atoms with van der Waals surface area (Å²) in [7, 11) is 0. The lowest BCUT2D eigenvalue weighted by Crippen LogP contribution is -2.29. The average Bonchev–Trinajstić information content (AvgIpc) is 3.10. The summed E-state index contributed by atoms with van der Waals surface area (Å²) in [5, 5.41) is 12.6. The first-order valence-electron chi connectivity index (χ1n) is 8.66. The van der Waals surface area contributed by atoms with Gasteiger partial charge in [0, 0.05) is 17.3 Å². The van der Waals surface area contributed by atoms with E-state index in [0.717, 1.165) is 25.3 Å². The first-order valence-corrected chi connectivity index (χ1v) is 9.54. The molecule has 0 unspecified atom stereocenters. The monoisotopic (exact) mass is 369 g/mol. The highest BCUT2D eigenvalue weighted by molar-refractivity contribution is 7.14. The number of rotatable bonds is 4. The van der Waals surface area contributed by atoms with Gasteiger partial charge in [0.15, 0.2) is 10.8 Å². The molecule has 1 fully saturated rings. The molecule has 2 aromatic heterocycles. The van der Waals surface area contributed by atoms with E-state index >= 15 is 0 Å². The van der Waals surface area contributed by atoms with Crippen molar-refractivity contribution in [3.63, 3.8) is 0 Å². The van der Waals surface area contributed by atoms with Gasteiger partial charge >= 0.3 is 0 Å². The third-order valence-electron chi connectivity index (χ3n) is 4.52. The van der Waals surface area contributed by atoms with Gasteiger partial charge in [0.25, 0.3) is 11.5 Å². The van der Waals surface area contributed by atoms with Gasteiger partial charge in [-0.3, -0.25) is 19.8 Å². The zero-order chi connectivity index (χ0) is 17.9. The number of thiazole rings is 1. The summed E-state index contributed by atoms with van der Waals surface area (Å²) in [6, 6.07) is 6.93. The van der Waals surface area contributed by atoms with E-state index in [0.29, 0.717) is 15.9 Å². The summed E-state index contributed by atoms with van der Waals surface area (Å²) in [5.74, 6) is -0.378. The van der Waals surface area contributed by atoms with Crippen molar-refractivity contribution < 1.29 is 4.79 Å². The van der Waals surface area contributed by atoms with Crippen LogP contribution in [0.1, 0.15) is 35.4 Å². The topological polar surface area (TPSA) is 91.0 Å². The van der Waals surface area contributed by atoms with Crippen LogP contribution in [0.25, 0.3) is 10.8 Å². The highest BCUT2D eigenvalue weighted by atomic mass is 32.1. The summed E-state index contributed by atoms with van der Waals surface area (Å²) >= 11 is 1.40. The summed E-state index contributed by atoms with van der Waals surface area (Å²) in [5.41, 5.74) is 0.842. The lowest BCUT2D eigenvalue weighted by Gasteiger charge is -2.25. The van der Waals surface area contributed by atoms with Gasteiger partial charge in [-0.2, -0.15) is 5.10 Å². The van der Waals surface area contributed by atoms with Crippen molar-refractivity contribution in [2.75, 3.05) is 18.4 Å². The van der Waals surface area contributed by atoms with E-state index in [-0.39, 0.29) is 17.2 Å². The number of nitrogens with one attached hydrogen (secondary N) is 2. The van der Waals surface area contributed by atoms with Gasteiger partial charge in [-0.15, -0.1) is 11.3 Å². The first kappa shape index (κ1) is 16.9. The standard InChI is InChI=1S/C18H19N5O2S/c24-16-14-7-3-2-6-13(14)15(21-22-16)17(25)20-18-19-12(11-26-18)10-23-8-4-1-5-9-23/h2-3,6-7,11H,1,4-5,8-10H2,(H,22,24)(H,19,20,25). The van der Waals surface area contributed by atoms with Crippen LogP contribution < -0.4 is 10.9 Å². The van der Waals surface area contributed by atoms with Crippen LogP contribution in [-0.4, -0.2) is 39.1 Å². The van der Waals surface area contributed by atoms with Crippen LogP contribution in [0.2, 0.25) is 0 Å². The Morgan fingerprint density at radius 2 is 1.96 bits per heavy atom. The van der Waals surface area contributed by atoms with Gasteiger partial charge in [-0.25, -0.2) is 10.1 Å². The number of fused-ring (bicyclic) bond motifs is 1. The van der Waals surface area contributed by atoms with E-state index in [1.165, 1.54) is 30.6 Å². The minimum atomic E-state index is -0.378. The fourth-order valence-corrected chi connectivity index (χ4v) is 3.92. The zero-order valence-electron chi connectivity index (χ0n) is 14.2. The molecule has 0 bridgehead atoms. The smallest absolute Gasteiger partial charge is 0.278 e. The van der Waals surface area contributed by atoms with Crippen LogP contribution in [0.3, 0.4) is 0 Å². The Morgan fingerprint density at radius 3 is 2.77 bits per heavy atom. The molecule has 1 amide bonds. The van der Waals surface area contributed by atoms with Crippen LogP contribution >= 0.6 is 11.3 Å². The number of aromatic nitrogens is 3. The molecular weight excluding hydrogens is 350 g/mol. The summed E-state index contributed by atoms with van der Waals surface area (Å²) in [6.07, 6.45) is 3.77. The normalized spacial score (nSPS) is 15.2. The number of hydrogen-bond acceptors (Lipinski definition) is 6. The Hall–Kier alpha value is -2.58. The Bertz CT molecular complexity index is 990. The number of hydrogen-bond donors (Lipinski definition) is 2. The fraction of sp³-hybridized carbons (Fsp3) is 0.333. The Kier molecular flexibility index (Phi) is 4.77. The number of benzene rings is 1. The number of likely N-dealkylation sites (tertiary alicyclic amines) is 1. The molecule has 3 heterocycles. The van der Waals surface area contributed by atoms with Gasteiger partial charge in [0.1, 0.15) is 0 Å². The van der Waals surface area contributed by atoms with E-state index < -0.39 is 0 Å². The largest absolute Gasteiger partial charge is 0.297 e. The minimum absolute atomic E-state index is 0.188. The molecule has 8 heteroatoms. The molecule has 2 N–H and O–H groups in total. The molecule has 7 nitrogen and oxygen atoms in total. The summed E-state index contributed by atoms with van der Waals surface area (Å²) in [6.45, 7) is 3.02. The summed E-state index contributed by atoms with van der Waals surface area (Å²) < 4.78 is 0. The van der Waals surface area contributed by atoms with Crippen molar-refractivity contribution in [1.29, 1.82) is 0 Å². The average molecular weight is 369 g/mol. The van der Waals surface area contributed by atoms with Crippen LogP contribution in [0.5, 0.6) is 0 Å². The highest BCUT2D eigenvalue weighted by Crippen LogP contribution is 2.20. The van der Waals surface area contributed by atoms with E-state index in [2.05, 4.69) is 25.4 Å². The second-order valence-electron chi connectivity index (χ2n) is 6.38. The lowest BCUT2D eigenvalue weighted by molar-refractivity contribution is 0.102. The zero-order valence-corrected chi connectivity index (χ0v) is 15.0. The first-order chi connectivity index (χ1) is 12.7. The third-order valence-corrected chi connectivity index (χ3v) is 5.32. The maximum atomic E-state index is 12.6. The van der Waals surface area contributed by atoms with E-state index in [4.69, 9.17) is 0 Å². The van der Waals surface area contributed by atoms with Gasteiger partial charge in [0.05, 0.1) is 11.1 Å². The van der Waals surface area contributed by atoms with Crippen LogP contribution in [-0.2, 0) is 6.54 Å². The Balaban J connectivity index is 1.50. The number of H-pyrrole nitrogens is 1. The molecule has 1 aromatic carbocycles. The molecule has 134 valence electrons. The van der Waals surface area contributed by atoms with Crippen molar-refractivity contribution in [1.82, 2.24) is 20.1 Å². The maximum Gasteiger partial charge on any atom is 0.278 e. The molecule has 1 aliphatic rings. The minimum Gasteiger partial charge on any atom is -0.297 e. The third kappa shape index (κ3) is 3.51. The molecule has 0 radical (unpaired) electrons. The predicted molar refractivity (Wildman–Crippen MR) is 102 cm³/mol. The fourth-order valence-electron chi connectivity index (χ4n) is 3.23. The van der Waals surface area contributed by atoms with Gasteiger partial charge in [-0.05, 0) is 32.0 Å². The molecule has 1 saturated heterocycles. The number of carbonyl (C=O) groups is 1. The molecule has 0 saturated carbocycles. The molecule has 0 atom stereocenters. The van der Waals surface area contributed by atoms with Crippen LogP contribution in [0.15, 0.2) is 34.4 Å².